The van der Waals surface area contributed by atoms with Gasteiger partial charge in [-0.15, -0.1) is 0 Å². The maximum absolute atomic E-state index is 12.9. The third-order valence-electron chi connectivity index (χ3n) is 14.4. The number of amides is 2. The molecule has 1 aromatic carbocycles. The van der Waals surface area contributed by atoms with Crippen molar-refractivity contribution in [1.82, 2.24) is 10.6 Å². The Labute approximate surface area is 317 Å². The van der Waals surface area contributed by atoms with Crippen LogP contribution in [0.15, 0.2) is 29.8 Å². The number of carbonyl (C=O) groups excluding carboxylic acids is 2. The smallest absolute Gasteiger partial charge is 0.279 e. The third kappa shape index (κ3) is 9.69. The molecule has 5 rings (SSSR count). The minimum atomic E-state index is -0.634. The molecule has 10 heteroatoms. The third-order valence-corrected chi connectivity index (χ3v) is 14.4. The minimum Gasteiger partial charge on any atom is -0.356 e. The minimum absolute atomic E-state index is 0.00136. The van der Waals surface area contributed by atoms with Gasteiger partial charge in [-0.2, -0.15) is 0 Å². The van der Waals surface area contributed by atoms with Gasteiger partial charge in [0.05, 0.1) is 15.9 Å². The van der Waals surface area contributed by atoms with Crippen molar-refractivity contribution in [2.24, 2.45) is 46.3 Å². The highest BCUT2D eigenvalue weighted by atomic mass is 16.6. The van der Waals surface area contributed by atoms with Gasteiger partial charge in [0, 0.05) is 37.1 Å². The fourth-order valence-electron chi connectivity index (χ4n) is 11.5. The number of carbonyl (C=O) groups is 2. The van der Waals surface area contributed by atoms with E-state index in [1.807, 2.05) is 0 Å². The number of aryl methyl sites for hydroxylation is 1. The van der Waals surface area contributed by atoms with Gasteiger partial charge < -0.3 is 10.6 Å². The summed E-state index contributed by atoms with van der Waals surface area (Å²) in [5.41, 5.74) is 2.29. The fourth-order valence-corrected chi connectivity index (χ4v) is 11.5. The Kier molecular flexibility index (Phi) is 13.8. The summed E-state index contributed by atoms with van der Waals surface area (Å²) in [5, 5.41) is 28.5. The number of rotatable bonds is 18. The van der Waals surface area contributed by atoms with E-state index in [-0.39, 0.29) is 41.1 Å². The van der Waals surface area contributed by atoms with Gasteiger partial charge in [0.25, 0.3) is 11.4 Å². The van der Waals surface area contributed by atoms with Crippen LogP contribution in [0.5, 0.6) is 0 Å². The standard InChI is InChI=1S/C43H66N4O6/c1-29(2)11-10-12-30(3)36-19-20-37-35-18-16-32-27-33(21-24-42(32,4)38(35)22-25-43(36,37)5)45-41(49)23-26-44-40(48)14-9-7-6-8-13-31-15-17-34(46(50)51)28-39(31)47(52)53/h15-17,28-30,33,35-38H,6-14,18-27H2,1-5H3,(H,44,48)(H,45,49)/t30?,33-,35?,36+,37?,38?,42-,43+/m0/s1. The molecular weight excluding hydrogens is 668 g/mol. The van der Waals surface area contributed by atoms with Crippen molar-refractivity contribution >= 4 is 23.2 Å². The van der Waals surface area contributed by atoms with E-state index in [2.05, 4.69) is 51.3 Å². The predicted molar refractivity (Wildman–Crippen MR) is 209 cm³/mol. The Morgan fingerprint density at radius 3 is 2.38 bits per heavy atom. The first-order chi connectivity index (χ1) is 25.2. The molecule has 4 aliphatic rings. The first kappa shape index (κ1) is 40.9. The quantitative estimate of drug-likeness (QED) is 0.0665. The van der Waals surface area contributed by atoms with E-state index in [1.165, 1.54) is 63.5 Å². The van der Waals surface area contributed by atoms with Crippen LogP contribution in [0.3, 0.4) is 0 Å². The van der Waals surface area contributed by atoms with Gasteiger partial charge in [-0.05, 0) is 123 Å². The molecule has 1 aromatic rings. The number of nitro benzene ring substituents is 2. The van der Waals surface area contributed by atoms with Crippen LogP contribution < -0.4 is 10.6 Å². The highest BCUT2D eigenvalue weighted by Gasteiger charge is 2.59. The number of nitrogens with zero attached hydrogens (tertiary/aromatic N) is 2. The van der Waals surface area contributed by atoms with Crippen LogP contribution in [0.1, 0.15) is 149 Å². The molecule has 2 amide bonds. The lowest BCUT2D eigenvalue weighted by Crippen LogP contribution is -2.52. The Hall–Kier alpha value is -3.30. The molecule has 0 bridgehead atoms. The van der Waals surface area contributed by atoms with Crippen LogP contribution in [0.25, 0.3) is 0 Å². The number of unbranched alkanes of at least 4 members (excludes halogenated alkanes) is 3. The highest BCUT2D eigenvalue weighted by Crippen LogP contribution is 2.67. The Balaban J connectivity index is 0.990. The summed E-state index contributed by atoms with van der Waals surface area (Å²) >= 11 is 0. The van der Waals surface area contributed by atoms with Crippen molar-refractivity contribution in [3.63, 3.8) is 0 Å². The average Bonchev–Trinajstić information content (AvgIpc) is 3.47. The second kappa shape index (κ2) is 17.9. The van der Waals surface area contributed by atoms with E-state index in [0.717, 1.165) is 73.7 Å². The van der Waals surface area contributed by atoms with Gasteiger partial charge in [0.1, 0.15) is 0 Å². The van der Waals surface area contributed by atoms with Crippen molar-refractivity contribution < 1.29 is 19.4 Å². The molecular formula is C43H66N4O6. The summed E-state index contributed by atoms with van der Waals surface area (Å²) < 4.78 is 0. The number of nitro groups is 2. The zero-order valence-electron chi connectivity index (χ0n) is 33.1. The van der Waals surface area contributed by atoms with Crippen LogP contribution in [0.2, 0.25) is 0 Å². The van der Waals surface area contributed by atoms with Crippen LogP contribution in [-0.4, -0.2) is 34.2 Å². The lowest BCUT2D eigenvalue weighted by molar-refractivity contribution is -0.394. The van der Waals surface area contributed by atoms with Crippen molar-refractivity contribution in [3.05, 3.63) is 55.6 Å². The van der Waals surface area contributed by atoms with Crippen LogP contribution in [0.4, 0.5) is 11.4 Å². The van der Waals surface area contributed by atoms with Gasteiger partial charge in [-0.3, -0.25) is 29.8 Å². The average molecular weight is 735 g/mol. The van der Waals surface area contributed by atoms with Gasteiger partial charge in [-0.1, -0.05) is 78.4 Å². The number of fused-ring (bicyclic) bond motifs is 5. The van der Waals surface area contributed by atoms with Gasteiger partial charge in [0.15, 0.2) is 0 Å². The SMILES string of the molecule is CC(C)CCCC(C)[C@H]1CCC2C3CC=C4C[C@@H](NC(=O)CCNC(=O)CCCCCCc5ccc([N+](=O)[O-])cc5[N+](=O)[O-])CC[C@]4(C)C3CC[C@@]21C. The molecule has 53 heavy (non-hydrogen) atoms. The molecule has 8 atom stereocenters. The highest BCUT2D eigenvalue weighted by molar-refractivity contribution is 5.79. The second-order valence-electron chi connectivity index (χ2n) is 18.1. The summed E-state index contributed by atoms with van der Waals surface area (Å²) in [6.45, 7) is 12.8. The molecule has 0 heterocycles. The zero-order chi connectivity index (χ0) is 38.3. The molecule has 294 valence electrons. The van der Waals surface area contributed by atoms with Gasteiger partial charge >= 0.3 is 0 Å². The summed E-state index contributed by atoms with van der Waals surface area (Å²) in [5.74, 6) is 4.84. The van der Waals surface area contributed by atoms with E-state index >= 15 is 0 Å². The molecule has 0 aromatic heterocycles. The van der Waals surface area contributed by atoms with Crippen molar-refractivity contribution in [2.75, 3.05) is 6.54 Å². The number of hydrogen-bond donors (Lipinski definition) is 2. The molecule has 0 spiro atoms. The van der Waals surface area contributed by atoms with E-state index in [0.29, 0.717) is 43.2 Å². The van der Waals surface area contributed by atoms with Crippen molar-refractivity contribution in [1.29, 1.82) is 0 Å². The maximum atomic E-state index is 12.9. The Morgan fingerprint density at radius 1 is 0.868 bits per heavy atom. The zero-order valence-corrected chi connectivity index (χ0v) is 33.1. The van der Waals surface area contributed by atoms with E-state index in [1.54, 1.807) is 5.57 Å². The second-order valence-corrected chi connectivity index (χ2v) is 18.1. The number of allylic oxidation sites excluding steroid dienone is 1. The van der Waals surface area contributed by atoms with Crippen LogP contribution >= 0.6 is 0 Å². The summed E-state index contributed by atoms with van der Waals surface area (Å²) in [6.07, 6.45) is 20.6. The maximum Gasteiger partial charge on any atom is 0.279 e. The van der Waals surface area contributed by atoms with E-state index in [9.17, 15) is 29.8 Å². The molecule has 3 fully saturated rings. The predicted octanol–water partition coefficient (Wildman–Crippen LogP) is 10.0. The first-order valence-electron chi connectivity index (χ1n) is 20.9. The summed E-state index contributed by atoms with van der Waals surface area (Å²) in [4.78, 5) is 46.4. The molecule has 3 saturated carbocycles. The normalized spacial score (nSPS) is 29.7. The molecule has 0 saturated heterocycles. The number of nitrogens with one attached hydrogen (secondary N) is 2. The number of benzene rings is 1. The van der Waals surface area contributed by atoms with Crippen molar-refractivity contribution in [2.45, 2.75) is 156 Å². The fraction of sp³-hybridized carbons (Fsp3) is 0.767. The molecule has 4 aliphatic carbocycles. The Morgan fingerprint density at radius 2 is 1.64 bits per heavy atom. The first-order valence-corrected chi connectivity index (χ1v) is 20.9. The van der Waals surface area contributed by atoms with Crippen molar-refractivity contribution in [3.8, 4) is 0 Å². The molecule has 0 aliphatic heterocycles. The monoisotopic (exact) mass is 734 g/mol. The molecule has 10 nitrogen and oxygen atoms in total. The van der Waals surface area contributed by atoms with Gasteiger partial charge in [-0.25, -0.2) is 0 Å². The summed E-state index contributed by atoms with van der Waals surface area (Å²) in [6, 6.07) is 3.93. The van der Waals surface area contributed by atoms with E-state index in [4.69, 9.17) is 0 Å². The lowest BCUT2D eigenvalue weighted by Gasteiger charge is -2.58. The number of hydrogen-bond acceptors (Lipinski definition) is 6. The Bertz CT molecular complexity index is 1510. The van der Waals surface area contributed by atoms with Crippen LogP contribution in [0, 0.1) is 66.6 Å². The van der Waals surface area contributed by atoms with Gasteiger partial charge in [0.2, 0.25) is 11.8 Å². The topological polar surface area (TPSA) is 144 Å². The van der Waals surface area contributed by atoms with E-state index < -0.39 is 9.85 Å². The molecule has 4 unspecified atom stereocenters. The molecule has 0 radical (unpaired) electrons. The number of non-ortho nitro benzene ring substituents is 1. The largest absolute Gasteiger partial charge is 0.356 e. The molecule has 2 N–H and O–H groups in total. The lowest BCUT2D eigenvalue weighted by atomic mass is 9.47. The van der Waals surface area contributed by atoms with Crippen LogP contribution in [-0.2, 0) is 16.0 Å². The summed E-state index contributed by atoms with van der Waals surface area (Å²) in [7, 11) is 0.